The van der Waals surface area contributed by atoms with Crippen LogP contribution in [0.5, 0.6) is 0 Å². The summed E-state index contributed by atoms with van der Waals surface area (Å²) in [6, 6.07) is 0.389. The Morgan fingerprint density at radius 1 is 1.19 bits per heavy atom. The lowest BCUT2D eigenvalue weighted by Gasteiger charge is -2.33. The molecule has 2 aliphatic rings. The quantitative estimate of drug-likeness (QED) is 0.807. The van der Waals surface area contributed by atoms with Crippen molar-refractivity contribution in [1.82, 2.24) is 10.2 Å². The van der Waals surface area contributed by atoms with Gasteiger partial charge in [-0.3, -0.25) is 4.79 Å². The molecule has 1 saturated heterocycles. The molecule has 6 heteroatoms. The second kappa shape index (κ2) is 10.7. The molecule has 3 N–H and O–H groups in total. The molecule has 4 nitrogen and oxygen atoms in total. The third-order valence-electron chi connectivity index (χ3n) is 4.77. The van der Waals surface area contributed by atoms with Crippen LogP contribution in [0.4, 0.5) is 0 Å². The van der Waals surface area contributed by atoms with Gasteiger partial charge >= 0.3 is 0 Å². The van der Waals surface area contributed by atoms with Crippen LogP contribution < -0.4 is 11.1 Å². The molecule has 0 aromatic heterocycles. The Morgan fingerprint density at radius 2 is 1.86 bits per heavy atom. The molecule has 2 rings (SSSR count). The number of carbonyl (C=O) groups excluding carboxylic acids is 1. The van der Waals surface area contributed by atoms with Gasteiger partial charge in [0.2, 0.25) is 5.91 Å². The normalized spacial score (nSPS) is 26.8. The zero-order valence-corrected chi connectivity index (χ0v) is 14.7. The summed E-state index contributed by atoms with van der Waals surface area (Å²) in [5.74, 6) is 0.862. The van der Waals surface area contributed by atoms with Gasteiger partial charge in [-0.1, -0.05) is 13.3 Å². The number of halogens is 2. The lowest BCUT2D eigenvalue weighted by atomic mass is 9.94. The highest BCUT2D eigenvalue weighted by Gasteiger charge is 2.33. The number of amides is 1. The lowest BCUT2D eigenvalue weighted by molar-refractivity contribution is -0.127. The summed E-state index contributed by atoms with van der Waals surface area (Å²) in [5.41, 5.74) is 5.76. The molecule has 21 heavy (non-hydrogen) atoms. The number of nitrogens with one attached hydrogen (secondary N) is 1. The van der Waals surface area contributed by atoms with Crippen LogP contribution in [0.1, 0.15) is 45.4 Å². The maximum atomic E-state index is 12.3. The second-order valence-electron chi connectivity index (χ2n) is 6.16. The van der Waals surface area contributed by atoms with Gasteiger partial charge in [0.1, 0.15) is 0 Å². The Bertz CT molecular complexity index is 297. The van der Waals surface area contributed by atoms with E-state index in [2.05, 4.69) is 17.1 Å². The van der Waals surface area contributed by atoms with E-state index in [1.807, 2.05) is 0 Å². The zero-order chi connectivity index (χ0) is 13.7. The number of carbonyl (C=O) groups is 1. The molecule has 126 valence electrons. The second-order valence-corrected chi connectivity index (χ2v) is 6.16. The summed E-state index contributed by atoms with van der Waals surface area (Å²) >= 11 is 0. The van der Waals surface area contributed by atoms with Gasteiger partial charge in [0.25, 0.3) is 0 Å². The van der Waals surface area contributed by atoms with E-state index in [9.17, 15) is 4.79 Å². The number of rotatable bonds is 5. The van der Waals surface area contributed by atoms with Crippen LogP contribution in [0.2, 0.25) is 0 Å². The van der Waals surface area contributed by atoms with Gasteiger partial charge in [-0.2, -0.15) is 0 Å². The predicted octanol–water partition coefficient (Wildman–Crippen LogP) is 2.20. The van der Waals surface area contributed by atoms with E-state index < -0.39 is 0 Å². The molecule has 1 aliphatic carbocycles. The number of hydrogen-bond acceptors (Lipinski definition) is 3. The summed E-state index contributed by atoms with van der Waals surface area (Å²) in [5, 5.41) is 3.27. The van der Waals surface area contributed by atoms with E-state index in [-0.39, 0.29) is 36.6 Å². The van der Waals surface area contributed by atoms with E-state index in [0.29, 0.717) is 18.5 Å². The molecule has 0 bridgehead atoms. The van der Waals surface area contributed by atoms with Gasteiger partial charge in [0.15, 0.2) is 0 Å². The van der Waals surface area contributed by atoms with Crippen molar-refractivity contribution in [1.29, 1.82) is 0 Å². The van der Waals surface area contributed by atoms with Crippen LogP contribution in [-0.4, -0.2) is 43.0 Å². The molecule has 1 aliphatic heterocycles. The van der Waals surface area contributed by atoms with E-state index in [0.717, 1.165) is 45.2 Å². The van der Waals surface area contributed by atoms with E-state index in [4.69, 9.17) is 5.73 Å². The standard InChI is InChI=1S/C15H29N3O.2ClH/c1-2-8-18-9-6-13(7-10-18)17-15(19)14-5-3-4-12(14)11-16;;/h12-14H,2-11,16H2,1H3,(H,17,19);2*1H/t12-,14-;;/m1../s1. The Morgan fingerprint density at radius 3 is 2.43 bits per heavy atom. The molecule has 0 aromatic carbocycles. The van der Waals surface area contributed by atoms with E-state index in [1.54, 1.807) is 0 Å². The first-order valence-electron chi connectivity index (χ1n) is 7.97. The van der Waals surface area contributed by atoms with Crippen LogP contribution in [0.25, 0.3) is 0 Å². The van der Waals surface area contributed by atoms with Crippen molar-refractivity contribution in [3.05, 3.63) is 0 Å². The topological polar surface area (TPSA) is 58.4 Å². The van der Waals surface area contributed by atoms with Gasteiger partial charge in [-0.25, -0.2) is 0 Å². The fraction of sp³-hybridized carbons (Fsp3) is 0.933. The monoisotopic (exact) mass is 339 g/mol. The maximum Gasteiger partial charge on any atom is 0.223 e. The molecule has 0 unspecified atom stereocenters. The van der Waals surface area contributed by atoms with Gasteiger partial charge in [0, 0.05) is 25.0 Å². The summed E-state index contributed by atoms with van der Waals surface area (Å²) in [4.78, 5) is 14.8. The molecule has 1 amide bonds. The van der Waals surface area contributed by atoms with Crippen molar-refractivity contribution in [2.45, 2.75) is 51.5 Å². The largest absolute Gasteiger partial charge is 0.353 e. The first kappa shape index (κ1) is 21.0. The number of likely N-dealkylation sites (tertiary alicyclic amines) is 1. The summed E-state index contributed by atoms with van der Waals surface area (Å²) in [6.07, 6.45) is 6.75. The van der Waals surface area contributed by atoms with Crippen LogP contribution in [0.15, 0.2) is 0 Å². The van der Waals surface area contributed by atoms with Gasteiger partial charge in [0.05, 0.1) is 0 Å². The summed E-state index contributed by atoms with van der Waals surface area (Å²) in [7, 11) is 0. The number of hydrogen-bond donors (Lipinski definition) is 2. The summed E-state index contributed by atoms with van der Waals surface area (Å²) in [6.45, 7) is 6.33. The minimum Gasteiger partial charge on any atom is -0.353 e. The Balaban J connectivity index is 0.00000200. The molecule has 0 radical (unpaired) electrons. The predicted molar refractivity (Wildman–Crippen MR) is 92.3 cm³/mol. The average Bonchev–Trinajstić information content (AvgIpc) is 2.90. The number of nitrogens with zero attached hydrogens (tertiary/aromatic N) is 1. The van der Waals surface area contributed by atoms with Crippen molar-refractivity contribution in [3.8, 4) is 0 Å². The highest BCUT2D eigenvalue weighted by Crippen LogP contribution is 2.31. The maximum absolute atomic E-state index is 12.3. The average molecular weight is 340 g/mol. The fourth-order valence-electron chi connectivity index (χ4n) is 3.59. The van der Waals surface area contributed by atoms with Crippen LogP contribution >= 0.6 is 24.8 Å². The molecule has 1 heterocycles. The molecule has 0 aromatic rings. The molecule has 0 spiro atoms. The molecule has 2 fully saturated rings. The highest BCUT2D eigenvalue weighted by molar-refractivity contribution is 5.85. The van der Waals surface area contributed by atoms with Gasteiger partial charge in [-0.15, -0.1) is 24.8 Å². The Kier molecular flexibility index (Phi) is 10.6. The van der Waals surface area contributed by atoms with E-state index in [1.165, 1.54) is 13.0 Å². The van der Waals surface area contributed by atoms with E-state index >= 15 is 0 Å². The van der Waals surface area contributed by atoms with Gasteiger partial charge in [-0.05, 0) is 51.1 Å². The zero-order valence-electron chi connectivity index (χ0n) is 13.1. The SMILES string of the molecule is CCCN1CCC(NC(=O)[C@@H]2CCC[C@@H]2CN)CC1.Cl.Cl. The summed E-state index contributed by atoms with van der Waals surface area (Å²) < 4.78 is 0. The first-order chi connectivity index (χ1) is 9.24. The molecule has 2 atom stereocenters. The minimum absolute atomic E-state index is 0. The fourth-order valence-corrected chi connectivity index (χ4v) is 3.59. The van der Waals surface area contributed by atoms with Crippen molar-refractivity contribution < 1.29 is 4.79 Å². The van der Waals surface area contributed by atoms with Crippen molar-refractivity contribution in [2.75, 3.05) is 26.2 Å². The minimum atomic E-state index is 0. The van der Waals surface area contributed by atoms with Crippen molar-refractivity contribution >= 4 is 30.7 Å². The van der Waals surface area contributed by atoms with Gasteiger partial charge < -0.3 is 16.0 Å². The Labute approximate surface area is 141 Å². The molecule has 1 saturated carbocycles. The number of piperidine rings is 1. The third kappa shape index (κ3) is 5.93. The third-order valence-corrected chi connectivity index (χ3v) is 4.77. The Hall–Kier alpha value is -0.0300. The molecular formula is C15H31Cl2N3O. The highest BCUT2D eigenvalue weighted by atomic mass is 35.5. The van der Waals surface area contributed by atoms with Crippen molar-refractivity contribution in [3.63, 3.8) is 0 Å². The van der Waals surface area contributed by atoms with Crippen molar-refractivity contribution in [2.24, 2.45) is 17.6 Å². The van der Waals surface area contributed by atoms with Crippen LogP contribution in [0.3, 0.4) is 0 Å². The molecular weight excluding hydrogens is 309 g/mol. The number of nitrogens with two attached hydrogens (primary N) is 1. The first-order valence-corrected chi connectivity index (χ1v) is 7.97. The lowest BCUT2D eigenvalue weighted by Crippen LogP contribution is -2.47. The van der Waals surface area contributed by atoms with Crippen LogP contribution in [-0.2, 0) is 4.79 Å². The van der Waals surface area contributed by atoms with Crippen LogP contribution in [0, 0.1) is 11.8 Å². The smallest absolute Gasteiger partial charge is 0.223 e.